The van der Waals surface area contributed by atoms with Crippen molar-refractivity contribution in [2.24, 2.45) is 0 Å². The number of aryl methyl sites for hydroxylation is 1. The lowest BCUT2D eigenvalue weighted by Crippen LogP contribution is -2.34. The molecule has 0 aromatic heterocycles. The lowest BCUT2D eigenvalue weighted by molar-refractivity contribution is 0.0408. The minimum atomic E-state index is -0.348. The van der Waals surface area contributed by atoms with Crippen LogP contribution in [0.5, 0.6) is 0 Å². The zero-order valence-corrected chi connectivity index (χ0v) is 14.2. The van der Waals surface area contributed by atoms with Crippen LogP contribution < -0.4 is 0 Å². The molecule has 20 heavy (non-hydrogen) atoms. The number of hydrogen-bond donors (Lipinski definition) is 0. The third kappa shape index (κ3) is 2.38. The number of hydrogen-bond acceptors (Lipinski definition) is 1. The van der Waals surface area contributed by atoms with E-state index in [-0.39, 0.29) is 5.60 Å². The number of alkyl halides is 1. The molecule has 1 aliphatic heterocycles. The minimum absolute atomic E-state index is 0.348. The van der Waals surface area contributed by atoms with E-state index in [1.807, 2.05) is 12.1 Å². The molecule has 0 unspecified atom stereocenters. The van der Waals surface area contributed by atoms with Crippen LogP contribution in [0.3, 0.4) is 0 Å². The second-order valence-electron chi connectivity index (χ2n) is 5.21. The van der Waals surface area contributed by atoms with Crippen molar-refractivity contribution in [3.05, 3.63) is 70.2 Å². The highest BCUT2D eigenvalue weighted by Gasteiger charge is 2.45. The molecule has 1 fully saturated rings. The monoisotopic (exact) mass is 398 g/mol. The molecule has 1 heterocycles. The molecule has 0 radical (unpaired) electrons. The predicted molar refractivity (Wildman–Crippen MR) is 91.8 cm³/mol. The highest BCUT2D eigenvalue weighted by molar-refractivity contribution is 14.1. The second kappa shape index (κ2) is 5.66. The molecule has 0 amide bonds. The van der Waals surface area contributed by atoms with Crippen LogP contribution in [0.2, 0.25) is 5.02 Å². The summed E-state index contributed by atoms with van der Waals surface area (Å²) in [6.45, 7) is 2.90. The fourth-order valence-corrected chi connectivity index (χ4v) is 4.09. The molecular weight excluding hydrogens is 383 g/mol. The Morgan fingerprint density at radius 1 is 1.05 bits per heavy atom. The van der Waals surface area contributed by atoms with Crippen molar-refractivity contribution in [3.63, 3.8) is 0 Å². The van der Waals surface area contributed by atoms with Crippen LogP contribution in [-0.2, 0) is 10.3 Å². The topological polar surface area (TPSA) is 9.23 Å². The highest BCUT2D eigenvalue weighted by Crippen LogP contribution is 2.46. The molecule has 1 saturated heterocycles. The summed E-state index contributed by atoms with van der Waals surface area (Å²) in [6, 6.07) is 16.7. The third-order valence-electron chi connectivity index (χ3n) is 3.90. The van der Waals surface area contributed by atoms with Gasteiger partial charge in [0.1, 0.15) is 5.60 Å². The molecule has 2 atom stereocenters. The van der Waals surface area contributed by atoms with Gasteiger partial charge >= 0.3 is 0 Å². The van der Waals surface area contributed by atoms with Gasteiger partial charge in [0.15, 0.2) is 0 Å². The molecule has 0 aliphatic carbocycles. The van der Waals surface area contributed by atoms with Gasteiger partial charge in [0, 0.05) is 11.6 Å². The van der Waals surface area contributed by atoms with E-state index in [2.05, 4.69) is 65.9 Å². The largest absolute Gasteiger partial charge is 0.364 e. The van der Waals surface area contributed by atoms with Crippen LogP contribution >= 0.6 is 34.2 Å². The predicted octanol–water partition coefficient (Wildman–Crippen LogP) is 5.12. The van der Waals surface area contributed by atoms with Gasteiger partial charge in [-0.3, -0.25) is 0 Å². The molecule has 1 nitrogen and oxygen atoms in total. The average molecular weight is 399 g/mol. The van der Waals surface area contributed by atoms with Crippen molar-refractivity contribution >= 4 is 34.2 Å². The van der Waals surface area contributed by atoms with Crippen molar-refractivity contribution in [3.8, 4) is 0 Å². The van der Waals surface area contributed by atoms with Gasteiger partial charge in [0.25, 0.3) is 0 Å². The number of rotatable bonds is 2. The molecule has 1 aliphatic rings. The van der Waals surface area contributed by atoms with Gasteiger partial charge in [0.05, 0.1) is 3.92 Å². The molecular formula is C17H16ClIO. The molecule has 104 valence electrons. The minimum Gasteiger partial charge on any atom is -0.364 e. The SMILES string of the molecule is Cc1ccc([C@]2(c3ccc(Cl)cc3)OCC[C@H]2I)cc1. The molecule has 0 bridgehead atoms. The van der Waals surface area contributed by atoms with Gasteiger partial charge in [-0.25, -0.2) is 0 Å². The fraction of sp³-hybridized carbons (Fsp3) is 0.294. The smallest absolute Gasteiger partial charge is 0.130 e. The zero-order valence-electron chi connectivity index (χ0n) is 11.3. The molecule has 0 N–H and O–H groups in total. The first-order chi connectivity index (χ1) is 9.63. The Bertz CT molecular complexity index is 546. The van der Waals surface area contributed by atoms with E-state index < -0.39 is 0 Å². The lowest BCUT2D eigenvalue weighted by atomic mass is 9.83. The number of benzene rings is 2. The lowest BCUT2D eigenvalue weighted by Gasteiger charge is -2.33. The summed E-state index contributed by atoms with van der Waals surface area (Å²) >= 11 is 8.54. The Balaban J connectivity index is 2.14. The molecule has 3 heteroatoms. The van der Waals surface area contributed by atoms with E-state index in [9.17, 15) is 0 Å². The standard InChI is InChI=1S/C17H16ClIO/c1-12-2-4-13(5-3-12)17(16(19)10-11-20-17)14-6-8-15(18)9-7-14/h2-9,16H,10-11H2,1H3/t16-,17-/m1/s1. The first kappa shape index (κ1) is 14.4. The zero-order chi connectivity index (χ0) is 14.2. The van der Waals surface area contributed by atoms with E-state index in [1.165, 1.54) is 16.7 Å². The van der Waals surface area contributed by atoms with Crippen LogP contribution in [0, 0.1) is 6.92 Å². The molecule has 0 saturated carbocycles. The van der Waals surface area contributed by atoms with E-state index in [0.717, 1.165) is 18.1 Å². The van der Waals surface area contributed by atoms with Gasteiger partial charge in [0.2, 0.25) is 0 Å². The number of halogens is 2. The normalized spacial score (nSPS) is 25.9. The Kier molecular flexibility index (Phi) is 4.07. The van der Waals surface area contributed by atoms with Gasteiger partial charge in [-0.2, -0.15) is 0 Å². The van der Waals surface area contributed by atoms with Crippen molar-refractivity contribution in [2.75, 3.05) is 6.61 Å². The van der Waals surface area contributed by atoms with Crippen LogP contribution in [0.25, 0.3) is 0 Å². The van der Waals surface area contributed by atoms with Crippen molar-refractivity contribution in [2.45, 2.75) is 22.9 Å². The Hall–Kier alpha value is -0.580. The summed E-state index contributed by atoms with van der Waals surface area (Å²) in [6.07, 6.45) is 1.07. The van der Waals surface area contributed by atoms with Gasteiger partial charge in [-0.05, 0) is 36.6 Å². The van der Waals surface area contributed by atoms with Gasteiger partial charge in [-0.15, -0.1) is 0 Å². The van der Waals surface area contributed by atoms with E-state index in [4.69, 9.17) is 16.3 Å². The van der Waals surface area contributed by atoms with E-state index in [0.29, 0.717) is 3.92 Å². The first-order valence-electron chi connectivity index (χ1n) is 6.74. The summed E-state index contributed by atoms with van der Waals surface area (Å²) in [5.41, 5.74) is 3.33. The molecule has 0 spiro atoms. The highest BCUT2D eigenvalue weighted by atomic mass is 127. The summed E-state index contributed by atoms with van der Waals surface area (Å²) in [4.78, 5) is 0. The molecule has 2 aromatic rings. The second-order valence-corrected chi connectivity index (χ2v) is 7.15. The maximum absolute atomic E-state index is 6.25. The van der Waals surface area contributed by atoms with Crippen molar-refractivity contribution in [1.82, 2.24) is 0 Å². The fourth-order valence-electron chi connectivity index (χ4n) is 2.81. The van der Waals surface area contributed by atoms with Crippen molar-refractivity contribution in [1.29, 1.82) is 0 Å². The van der Waals surface area contributed by atoms with Gasteiger partial charge < -0.3 is 4.74 Å². The maximum atomic E-state index is 6.25. The van der Waals surface area contributed by atoms with Crippen LogP contribution in [0.15, 0.2) is 48.5 Å². The molecule has 3 rings (SSSR count). The summed E-state index contributed by atoms with van der Waals surface area (Å²) in [7, 11) is 0. The average Bonchev–Trinajstić information content (AvgIpc) is 2.83. The van der Waals surface area contributed by atoms with E-state index in [1.54, 1.807) is 0 Å². The number of ether oxygens (including phenoxy) is 1. The summed E-state index contributed by atoms with van der Waals surface area (Å²) in [5.74, 6) is 0. The Morgan fingerprint density at radius 2 is 1.60 bits per heavy atom. The van der Waals surface area contributed by atoms with Crippen LogP contribution in [-0.4, -0.2) is 10.5 Å². The Labute approximate surface area is 138 Å². The summed E-state index contributed by atoms with van der Waals surface area (Å²) < 4.78 is 6.67. The van der Waals surface area contributed by atoms with Crippen molar-refractivity contribution < 1.29 is 4.74 Å². The first-order valence-corrected chi connectivity index (χ1v) is 8.36. The quantitative estimate of drug-likeness (QED) is 0.504. The Morgan fingerprint density at radius 3 is 2.10 bits per heavy atom. The van der Waals surface area contributed by atoms with Gasteiger partial charge in [-0.1, -0.05) is 76.2 Å². The van der Waals surface area contributed by atoms with Crippen LogP contribution in [0.1, 0.15) is 23.1 Å². The molecule has 2 aromatic carbocycles. The van der Waals surface area contributed by atoms with Crippen LogP contribution in [0.4, 0.5) is 0 Å². The van der Waals surface area contributed by atoms with E-state index >= 15 is 0 Å². The third-order valence-corrected chi connectivity index (χ3v) is 5.65. The summed E-state index contributed by atoms with van der Waals surface area (Å²) in [5, 5.41) is 0.760. The maximum Gasteiger partial charge on any atom is 0.130 e.